The van der Waals surface area contributed by atoms with Gasteiger partial charge >= 0.3 is 0 Å². The quantitative estimate of drug-likeness (QED) is 0.652. The standard InChI is InChI=1S/C13H23N/c1-10-12-8-14(9-13(10)12)7-11-5-3-2-4-6-11/h10-13H,2-9H2,1H3. The summed E-state index contributed by atoms with van der Waals surface area (Å²) in [5.74, 6) is 4.31. The first-order chi connectivity index (χ1) is 6.84. The second-order valence-electron chi connectivity index (χ2n) is 5.91. The molecule has 0 spiro atoms. The first-order valence-corrected chi connectivity index (χ1v) is 6.57. The van der Waals surface area contributed by atoms with Gasteiger partial charge in [-0.25, -0.2) is 0 Å². The van der Waals surface area contributed by atoms with Gasteiger partial charge in [0.05, 0.1) is 0 Å². The predicted molar refractivity (Wildman–Crippen MR) is 59.2 cm³/mol. The molecule has 80 valence electrons. The fraction of sp³-hybridized carbons (Fsp3) is 1.00. The molecule has 1 heterocycles. The highest BCUT2D eigenvalue weighted by Crippen LogP contribution is 2.51. The molecule has 1 aliphatic heterocycles. The van der Waals surface area contributed by atoms with Crippen molar-refractivity contribution in [1.82, 2.24) is 4.90 Å². The lowest BCUT2D eigenvalue weighted by Gasteiger charge is -2.27. The molecule has 2 unspecified atom stereocenters. The highest BCUT2D eigenvalue weighted by molar-refractivity contribution is 5.02. The Morgan fingerprint density at radius 1 is 1.00 bits per heavy atom. The SMILES string of the molecule is CC1C2CN(CC3CCCCC3)CC12. The summed E-state index contributed by atoms with van der Waals surface area (Å²) in [4.78, 5) is 2.76. The molecule has 1 heteroatoms. The highest BCUT2D eigenvalue weighted by Gasteiger charge is 2.52. The molecule has 3 fully saturated rings. The summed E-state index contributed by atoms with van der Waals surface area (Å²) in [6, 6.07) is 0. The maximum Gasteiger partial charge on any atom is 0.00158 e. The third kappa shape index (κ3) is 1.60. The molecular weight excluding hydrogens is 170 g/mol. The Balaban J connectivity index is 1.45. The molecule has 2 saturated carbocycles. The van der Waals surface area contributed by atoms with Crippen LogP contribution in [0.5, 0.6) is 0 Å². The van der Waals surface area contributed by atoms with E-state index in [1.807, 2.05) is 0 Å². The van der Waals surface area contributed by atoms with Crippen LogP contribution in [0.1, 0.15) is 39.0 Å². The summed E-state index contributed by atoms with van der Waals surface area (Å²) < 4.78 is 0. The third-order valence-corrected chi connectivity index (χ3v) is 4.94. The molecule has 1 saturated heterocycles. The summed E-state index contributed by atoms with van der Waals surface area (Å²) in [6.45, 7) is 6.73. The molecule has 1 nitrogen and oxygen atoms in total. The number of likely N-dealkylation sites (tertiary alicyclic amines) is 1. The zero-order chi connectivity index (χ0) is 9.54. The second kappa shape index (κ2) is 3.52. The molecule has 3 rings (SSSR count). The van der Waals surface area contributed by atoms with E-state index in [2.05, 4.69) is 11.8 Å². The summed E-state index contributed by atoms with van der Waals surface area (Å²) in [5, 5.41) is 0. The first kappa shape index (κ1) is 9.21. The van der Waals surface area contributed by atoms with Crippen LogP contribution in [0.25, 0.3) is 0 Å². The summed E-state index contributed by atoms with van der Waals surface area (Å²) in [7, 11) is 0. The van der Waals surface area contributed by atoms with Crippen molar-refractivity contribution in [3.8, 4) is 0 Å². The molecule has 2 aliphatic carbocycles. The molecule has 0 aromatic heterocycles. The van der Waals surface area contributed by atoms with Crippen molar-refractivity contribution < 1.29 is 0 Å². The molecule has 0 radical (unpaired) electrons. The topological polar surface area (TPSA) is 3.24 Å². The molecule has 3 aliphatic rings. The van der Waals surface area contributed by atoms with E-state index in [-0.39, 0.29) is 0 Å². The van der Waals surface area contributed by atoms with Crippen LogP contribution >= 0.6 is 0 Å². The minimum atomic E-state index is 1.05. The molecule has 2 atom stereocenters. The van der Waals surface area contributed by atoms with E-state index in [1.165, 1.54) is 51.7 Å². The average molecular weight is 193 g/mol. The number of rotatable bonds is 2. The van der Waals surface area contributed by atoms with Gasteiger partial charge < -0.3 is 4.90 Å². The molecule has 0 amide bonds. The lowest BCUT2D eigenvalue weighted by atomic mass is 9.89. The Bertz CT molecular complexity index is 195. The van der Waals surface area contributed by atoms with Gasteiger partial charge in [0.15, 0.2) is 0 Å². The zero-order valence-electron chi connectivity index (χ0n) is 9.41. The second-order valence-corrected chi connectivity index (χ2v) is 5.91. The molecule has 0 bridgehead atoms. The average Bonchev–Trinajstić information content (AvgIpc) is 2.65. The first-order valence-electron chi connectivity index (χ1n) is 6.57. The van der Waals surface area contributed by atoms with Crippen LogP contribution < -0.4 is 0 Å². The van der Waals surface area contributed by atoms with E-state index in [9.17, 15) is 0 Å². The Morgan fingerprint density at radius 2 is 1.64 bits per heavy atom. The Morgan fingerprint density at radius 3 is 2.29 bits per heavy atom. The van der Waals surface area contributed by atoms with Crippen LogP contribution in [-0.4, -0.2) is 24.5 Å². The predicted octanol–water partition coefficient (Wildman–Crippen LogP) is 2.76. The van der Waals surface area contributed by atoms with E-state index in [0.717, 1.165) is 23.7 Å². The van der Waals surface area contributed by atoms with E-state index in [4.69, 9.17) is 0 Å². The van der Waals surface area contributed by atoms with Gasteiger partial charge in [-0.2, -0.15) is 0 Å². The summed E-state index contributed by atoms with van der Waals surface area (Å²) in [5.41, 5.74) is 0. The van der Waals surface area contributed by atoms with Gasteiger partial charge in [-0.1, -0.05) is 26.2 Å². The van der Waals surface area contributed by atoms with Gasteiger partial charge in [0.2, 0.25) is 0 Å². The largest absolute Gasteiger partial charge is 0.302 e. The Kier molecular flexibility index (Phi) is 2.31. The van der Waals surface area contributed by atoms with E-state index >= 15 is 0 Å². The van der Waals surface area contributed by atoms with Crippen LogP contribution in [-0.2, 0) is 0 Å². The maximum absolute atomic E-state index is 2.76. The van der Waals surface area contributed by atoms with Crippen LogP contribution in [0.2, 0.25) is 0 Å². The monoisotopic (exact) mass is 193 g/mol. The van der Waals surface area contributed by atoms with Crippen LogP contribution in [0, 0.1) is 23.7 Å². The van der Waals surface area contributed by atoms with Gasteiger partial charge in [-0.15, -0.1) is 0 Å². The molecular formula is C13H23N. The van der Waals surface area contributed by atoms with Crippen molar-refractivity contribution in [1.29, 1.82) is 0 Å². The Labute approximate surface area is 87.9 Å². The Hall–Kier alpha value is -0.0400. The minimum Gasteiger partial charge on any atom is -0.302 e. The maximum atomic E-state index is 2.76. The van der Waals surface area contributed by atoms with Crippen molar-refractivity contribution >= 4 is 0 Å². The lowest BCUT2D eigenvalue weighted by Crippen LogP contribution is -2.30. The van der Waals surface area contributed by atoms with E-state index < -0.39 is 0 Å². The van der Waals surface area contributed by atoms with Crippen LogP contribution in [0.3, 0.4) is 0 Å². The van der Waals surface area contributed by atoms with Crippen LogP contribution in [0.4, 0.5) is 0 Å². The zero-order valence-corrected chi connectivity index (χ0v) is 9.41. The smallest absolute Gasteiger partial charge is 0.00158 e. The number of nitrogens with zero attached hydrogens (tertiary/aromatic N) is 1. The van der Waals surface area contributed by atoms with E-state index in [0.29, 0.717) is 0 Å². The number of hydrogen-bond donors (Lipinski definition) is 0. The van der Waals surface area contributed by atoms with Crippen LogP contribution in [0.15, 0.2) is 0 Å². The van der Waals surface area contributed by atoms with E-state index in [1.54, 1.807) is 0 Å². The summed E-state index contributed by atoms with van der Waals surface area (Å²) >= 11 is 0. The van der Waals surface area contributed by atoms with Crippen molar-refractivity contribution in [2.45, 2.75) is 39.0 Å². The molecule has 14 heavy (non-hydrogen) atoms. The number of piperidine rings is 1. The highest BCUT2D eigenvalue weighted by atomic mass is 15.2. The number of hydrogen-bond acceptors (Lipinski definition) is 1. The van der Waals surface area contributed by atoms with Crippen molar-refractivity contribution in [3.63, 3.8) is 0 Å². The lowest BCUT2D eigenvalue weighted by molar-refractivity contribution is 0.210. The normalized spacial score (nSPS) is 43.9. The van der Waals surface area contributed by atoms with Gasteiger partial charge in [-0.3, -0.25) is 0 Å². The molecule has 0 N–H and O–H groups in total. The fourth-order valence-corrected chi connectivity index (χ4v) is 3.79. The van der Waals surface area contributed by atoms with Gasteiger partial charge in [0.25, 0.3) is 0 Å². The van der Waals surface area contributed by atoms with Crippen molar-refractivity contribution in [2.75, 3.05) is 19.6 Å². The minimum absolute atomic E-state index is 1.05. The molecule has 0 aromatic rings. The van der Waals surface area contributed by atoms with Crippen molar-refractivity contribution in [3.05, 3.63) is 0 Å². The van der Waals surface area contributed by atoms with Gasteiger partial charge in [0, 0.05) is 19.6 Å². The number of fused-ring (bicyclic) bond motifs is 1. The summed E-state index contributed by atoms with van der Waals surface area (Å²) in [6.07, 6.45) is 7.53. The van der Waals surface area contributed by atoms with Crippen molar-refractivity contribution in [2.24, 2.45) is 23.7 Å². The van der Waals surface area contributed by atoms with Gasteiger partial charge in [0.1, 0.15) is 0 Å². The van der Waals surface area contributed by atoms with Gasteiger partial charge in [-0.05, 0) is 36.5 Å². The fourth-order valence-electron chi connectivity index (χ4n) is 3.79. The third-order valence-electron chi connectivity index (χ3n) is 4.94. The molecule has 0 aromatic carbocycles.